The number of nitrogens with one attached hydrogen (secondary N) is 2. The second kappa shape index (κ2) is 6.33. The SMILES string of the molecule is CC(C)C(C)(CN)NC(=O)Nc1cccc([N+](=O)[O-])c1. The van der Waals surface area contributed by atoms with Gasteiger partial charge in [-0.05, 0) is 18.9 Å². The van der Waals surface area contributed by atoms with Crippen LogP contribution < -0.4 is 16.4 Å². The van der Waals surface area contributed by atoms with Gasteiger partial charge in [0.1, 0.15) is 0 Å². The number of amides is 2. The molecule has 2 amide bonds. The minimum atomic E-state index is -0.537. The summed E-state index contributed by atoms with van der Waals surface area (Å²) in [5, 5.41) is 16.0. The molecule has 4 N–H and O–H groups in total. The van der Waals surface area contributed by atoms with Gasteiger partial charge in [-0.1, -0.05) is 19.9 Å². The van der Waals surface area contributed by atoms with Crippen LogP contribution in [0.3, 0.4) is 0 Å². The number of hydrogen-bond acceptors (Lipinski definition) is 4. The molecule has 0 radical (unpaired) electrons. The van der Waals surface area contributed by atoms with E-state index in [1.54, 1.807) is 6.07 Å². The van der Waals surface area contributed by atoms with E-state index in [-0.39, 0.29) is 11.6 Å². The van der Waals surface area contributed by atoms with Crippen LogP contribution in [0.4, 0.5) is 16.2 Å². The summed E-state index contributed by atoms with van der Waals surface area (Å²) in [6.07, 6.45) is 0. The van der Waals surface area contributed by atoms with Gasteiger partial charge in [-0.3, -0.25) is 10.1 Å². The van der Waals surface area contributed by atoms with Crippen molar-refractivity contribution < 1.29 is 9.72 Å². The Morgan fingerprint density at radius 1 is 1.50 bits per heavy atom. The lowest BCUT2D eigenvalue weighted by atomic mass is 9.89. The van der Waals surface area contributed by atoms with E-state index in [2.05, 4.69) is 10.6 Å². The number of rotatable bonds is 5. The monoisotopic (exact) mass is 280 g/mol. The molecule has 0 bridgehead atoms. The van der Waals surface area contributed by atoms with E-state index < -0.39 is 16.5 Å². The maximum absolute atomic E-state index is 11.9. The summed E-state index contributed by atoms with van der Waals surface area (Å²) in [5.41, 5.74) is 5.43. The summed E-state index contributed by atoms with van der Waals surface area (Å²) in [4.78, 5) is 22.1. The van der Waals surface area contributed by atoms with Crippen molar-refractivity contribution in [1.29, 1.82) is 0 Å². The van der Waals surface area contributed by atoms with E-state index in [4.69, 9.17) is 5.73 Å². The number of nitrogens with zero attached hydrogens (tertiary/aromatic N) is 1. The first-order valence-electron chi connectivity index (χ1n) is 6.32. The van der Waals surface area contributed by atoms with E-state index in [0.717, 1.165) is 0 Å². The fraction of sp³-hybridized carbons (Fsp3) is 0.462. The van der Waals surface area contributed by atoms with E-state index in [1.807, 2.05) is 20.8 Å². The quantitative estimate of drug-likeness (QED) is 0.566. The van der Waals surface area contributed by atoms with Crippen LogP contribution in [0.25, 0.3) is 0 Å². The Hall–Kier alpha value is -2.15. The third kappa shape index (κ3) is 3.92. The van der Waals surface area contributed by atoms with E-state index in [1.165, 1.54) is 18.2 Å². The topological polar surface area (TPSA) is 110 Å². The van der Waals surface area contributed by atoms with Crippen molar-refractivity contribution >= 4 is 17.4 Å². The zero-order chi connectivity index (χ0) is 15.3. The van der Waals surface area contributed by atoms with E-state index >= 15 is 0 Å². The molecule has 20 heavy (non-hydrogen) atoms. The second-order valence-electron chi connectivity index (χ2n) is 5.16. The van der Waals surface area contributed by atoms with Crippen molar-refractivity contribution in [2.45, 2.75) is 26.3 Å². The molecule has 0 heterocycles. The number of benzene rings is 1. The van der Waals surface area contributed by atoms with Crippen molar-refractivity contribution in [3.05, 3.63) is 34.4 Å². The Labute approximate surface area is 117 Å². The summed E-state index contributed by atoms with van der Waals surface area (Å²) in [5.74, 6) is 0.156. The normalized spacial score (nSPS) is 13.7. The predicted octanol–water partition coefficient (Wildman–Crippen LogP) is 2.09. The molecule has 1 unspecified atom stereocenters. The average molecular weight is 280 g/mol. The van der Waals surface area contributed by atoms with Crippen molar-refractivity contribution in [1.82, 2.24) is 5.32 Å². The molecule has 1 rings (SSSR count). The first-order valence-corrected chi connectivity index (χ1v) is 6.32. The largest absolute Gasteiger partial charge is 0.331 e. The molecule has 1 atom stereocenters. The number of non-ortho nitro benzene ring substituents is 1. The molecule has 7 nitrogen and oxygen atoms in total. The number of nitro groups is 1. The summed E-state index contributed by atoms with van der Waals surface area (Å²) in [6.45, 7) is 6.07. The fourth-order valence-electron chi connectivity index (χ4n) is 1.55. The molecule has 0 aromatic heterocycles. The van der Waals surface area contributed by atoms with Gasteiger partial charge in [0.2, 0.25) is 0 Å². The number of urea groups is 1. The zero-order valence-electron chi connectivity index (χ0n) is 11.8. The van der Waals surface area contributed by atoms with Gasteiger partial charge < -0.3 is 16.4 Å². The van der Waals surface area contributed by atoms with Crippen LogP contribution in [0, 0.1) is 16.0 Å². The third-order valence-corrected chi connectivity index (χ3v) is 3.41. The molecular weight excluding hydrogens is 260 g/mol. The van der Waals surface area contributed by atoms with E-state index in [9.17, 15) is 14.9 Å². The van der Waals surface area contributed by atoms with Crippen LogP contribution in [-0.4, -0.2) is 23.0 Å². The Morgan fingerprint density at radius 2 is 2.15 bits per heavy atom. The first-order chi connectivity index (χ1) is 9.28. The Morgan fingerprint density at radius 3 is 2.65 bits per heavy atom. The van der Waals surface area contributed by atoms with Crippen molar-refractivity contribution in [2.75, 3.05) is 11.9 Å². The minimum Gasteiger partial charge on any atom is -0.331 e. The highest BCUT2D eigenvalue weighted by Crippen LogP contribution is 2.18. The summed E-state index contributed by atoms with van der Waals surface area (Å²) in [6, 6.07) is 5.32. The Kier molecular flexibility index (Phi) is 5.04. The van der Waals surface area contributed by atoms with Gasteiger partial charge in [0.05, 0.1) is 10.5 Å². The molecule has 0 saturated carbocycles. The molecule has 110 valence electrons. The highest BCUT2D eigenvalue weighted by molar-refractivity contribution is 5.90. The number of carbonyl (C=O) groups is 1. The smallest absolute Gasteiger partial charge is 0.319 e. The molecule has 0 aliphatic rings. The van der Waals surface area contributed by atoms with Crippen LogP contribution >= 0.6 is 0 Å². The summed E-state index contributed by atoms with van der Waals surface area (Å²) >= 11 is 0. The summed E-state index contributed by atoms with van der Waals surface area (Å²) in [7, 11) is 0. The molecule has 0 spiro atoms. The molecule has 0 aliphatic heterocycles. The molecule has 0 aliphatic carbocycles. The molecule has 0 saturated heterocycles. The van der Waals surface area contributed by atoms with Crippen LogP contribution in [0.1, 0.15) is 20.8 Å². The lowest BCUT2D eigenvalue weighted by molar-refractivity contribution is -0.384. The second-order valence-corrected chi connectivity index (χ2v) is 5.16. The molecule has 0 fully saturated rings. The number of carbonyl (C=O) groups excluding carboxylic acids is 1. The van der Waals surface area contributed by atoms with Gasteiger partial charge in [0.15, 0.2) is 0 Å². The lowest BCUT2D eigenvalue weighted by Crippen LogP contribution is -2.56. The maximum Gasteiger partial charge on any atom is 0.319 e. The fourth-order valence-corrected chi connectivity index (χ4v) is 1.55. The van der Waals surface area contributed by atoms with Gasteiger partial charge in [0.25, 0.3) is 5.69 Å². The molecule has 7 heteroatoms. The van der Waals surface area contributed by atoms with Gasteiger partial charge in [0, 0.05) is 24.4 Å². The number of nitrogens with two attached hydrogens (primary N) is 1. The van der Waals surface area contributed by atoms with Crippen molar-refractivity contribution in [3.8, 4) is 0 Å². The Bertz CT molecular complexity index is 504. The molecular formula is C13H20N4O3. The van der Waals surface area contributed by atoms with Gasteiger partial charge >= 0.3 is 6.03 Å². The highest BCUT2D eigenvalue weighted by atomic mass is 16.6. The third-order valence-electron chi connectivity index (χ3n) is 3.41. The minimum absolute atomic E-state index is 0.0757. The van der Waals surface area contributed by atoms with Crippen LogP contribution in [-0.2, 0) is 0 Å². The van der Waals surface area contributed by atoms with E-state index in [0.29, 0.717) is 12.2 Å². The van der Waals surface area contributed by atoms with Gasteiger partial charge in [-0.2, -0.15) is 0 Å². The lowest BCUT2D eigenvalue weighted by Gasteiger charge is -2.33. The summed E-state index contributed by atoms with van der Waals surface area (Å²) < 4.78 is 0. The van der Waals surface area contributed by atoms with Gasteiger partial charge in [-0.25, -0.2) is 4.79 Å². The first kappa shape index (κ1) is 15.9. The van der Waals surface area contributed by atoms with Crippen molar-refractivity contribution in [2.24, 2.45) is 11.7 Å². The van der Waals surface area contributed by atoms with Crippen LogP contribution in [0.2, 0.25) is 0 Å². The number of hydrogen-bond donors (Lipinski definition) is 3. The van der Waals surface area contributed by atoms with Gasteiger partial charge in [-0.15, -0.1) is 0 Å². The van der Waals surface area contributed by atoms with Crippen molar-refractivity contribution in [3.63, 3.8) is 0 Å². The highest BCUT2D eigenvalue weighted by Gasteiger charge is 2.28. The van der Waals surface area contributed by atoms with Crippen LogP contribution in [0.5, 0.6) is 0 Å². The van der Waals surface area contributed by atoms with Crippen LogP contribution in [0.15, 0.2) is 24.3 Å². The number of anilines is 1. The Balaban J connectivity index is 2.76. The zero-order valence-corrected chi connectivity index (χ0v) is 11.8. The maximum atomic E-state index is 11.9. The molecule has 1 aromatic rings. The standard InChI is InChI=1S/C13H20N4O3/c1-9(2)13(3,8-14)16-12(18)15-10-5-4-6-11(7-10)17(19)20/h4-7,9H,8,14H2,1-3H3,(H2,15,16,18). The average Bonchev–Trinajstić information content (AvgIpc) is 2.38. The number of nitro benzene ring substituents is 1. The predicted molar refractivity (Wildman–Crippen MR) is 77.5 cm³/mol. The molecule has 1 aromatic carbocycles.